The van der Waals surface area contributed by atoms with Crippen LogP contribution in [0, 0.1) is 0 Å². The standard InChI is InChI=1S/C26H30F3N5O3/c1-5-18-14-34(23-22-21(32(4)25(37)31-23)12-11-20(30-22)24(35)36)19(6-2)13-33(18)15(3)16-7-9-17(10-8-16)26(27,28)29/h7-12,15,18-19H,5-6,13-14H2,1-4H3,(H,35,36)/t15?,18-,19?/m1/s1. The number of carboxylic acids is 1. The number of hydrogen-bond donors (Lipinski definition) is 1. The van der Waals surface area contributed by atoms with Crippen molar-refractivity contribution in [3.8, 4) is 0 Å². The van der Waals surface area contributed by atoms with Crippen LogP contribution < -0.4 is 10.6 Å². The number of carboxylic acid groups (broad SMARTS) is 1. The third-order valence-electron chi connectivity index (χ3n) is 7.33. The molecule has 0 aliphatic carbocycles. The molecular formula is C26H30F3N5O3. The molecule has 1 aromatic carbocycles. The molecular weight excluding hydrogens is 487 g/mol. The molecule has 1 saturated heterocycles. The number of aromatic nitrogens is 3. The Labute approximate surface area is 212 Å². The van der Waals surface area contributed by atoms with Gasteiger partial charge in [-0.3, -0.25) is 9.47 Å². The molecule has 0 bridgehead atoms. The molecule has 1 fully saturated rings. The molecule has 2 unspecified atom stereocenters. The number of halogens is 3. The molecule has 4 rings (SSSR count). The van der Waals surface area contributed by atoms with Gasteiger partial charge in [0.1, 0.15) is 11.2 Å². The zero-order valence-electron chi connectivity index (χ0n) is 21.2. The second kappa shape index (κ2) is 10.1. The van der Waals surface area contributed by atoms with Crippen LogP contribution in [0.15, 0.2) is 41.2 Å². The SMILES string of the molecule is CCC1CN(C(C)c2ccc(C(F)(F)F)cc2)[C@H](CC)CN1c1nc(=O)n(C)c2ccc(C(=O)O)nc12. The summed E-state index contributed by atoms with van der Waals surface area (Å²) in [4.78, 5) is 37.3. The van der Waals surface area contributed by atoms with Gasteiger partial charge in [-0.15, -0.1) is 0 Å². The van der Waals surface area contributed by atoms with Crippen LogP contribution in [0.4, 0.5) is 19.0 Å². The Morgan fingerprint density at radius 3 is 2.27 bits per heavy atom. The molecule has 0 amide bonds. The van der Waals surface area contributed by atoms with Gasteiger partial charge in [0.25, 0.3) is 0 Å². The number of hydrogen-bond acceptors (Lipinski definition) is 6. The lowest BCUT2D eigenvalue weighted by atomic mass is 9.96. The second-order valence-electron chi connectivity index (χ2n) is 9.42. The molecule has 8 nitrogen and oxygen atoms in total. The summed E-state index contributed by atoms with van der Waals surface area (Å²) >= 11 is 0. The molecule has 0 saturated carbocycles. The van der Waals surface area contributed by atoms with E-state index in [0.29, 0.717) is 36.4 Å². The van der Waals surface area contributed by atoms with E-state index in [2.05, 4.69) is 14.9 Å². The highest BCUT2D eigenvalue weighted by Crippen LogP contribution is 2.35. The van der Waals surface area contributed by atoms with Gasteiger partial charge in [-0.2, -0.15) is 18.2 Å². The van der Waals surface area contributed by atoms with Crippen molar-refractivity contribution < 1.29 is 23.1 Å². The summed E-state index contributed by atoms with van der Waals surface area (Å²) in [6.07, 6.45) is -2.91. The third kappa shape index (κ3) is 5.04. The number of aromatic carboxylic acids is 1. The van der Waals surface area contributed by atoms with Gasteiger partial charge in [0.05, 0.1) is 11.1 Å². The van der Waals surface area contributed by atoms with Crippen molar-refractivity contribution in [2.45, 2.75) is 57.9 Å². The Kier molecular flexibility index (Phi) is 7.27. The minimum Gasteiger partial charge on any atom is -0.477 e. The highest BCUT2D eigenvalue weighted by atomic mass is 19.4. The van der Waals surface area contributed by atoms with Crippen molar-refractivity contribution in [3.05, 3.63) is 63.7 Å². The number of fused-ring (bicyclic) bond motifs is 1. The first kappa shape index (κ1) is 26.6. The average Bonchev–Trinajstić information content (AvgIpc) is 2.88. The Morgan fingerprint density at radius 2 is 1.70 bits per heavy atom. The minimum atomic E-state index is -4.39. The lowest BCUT2D eigenvalue weighted by Crippen LogP contribution is -2.59. The molecule has 37 heavy (non-hydrogen) atoms. The van der Waals surface area contributed by atoms with Crippen LogP contribution in [0.1, 0.15) is 61.3 Å². The number of piperazine rings is 1. The summed E-state index contributed by atoms with van der Waals surface area (Å²) in [5, 5.41) is 9.48. The molecule has 0 spiro atoms. The molecule has 1 aliphatic heterocycles. The van der Waals surface area contributed by atoms with Crippen LogP contribution in [-0.2, 0) is 13.2 Å². The molecule has 3 aromatic rings. The molecule has 3 heterocycles. The van der Waals surface area contributed by atoms with E-state index >= 15 is 0 Å². The Hall–Kier alpha value is -3.47. The third-order valence-corrected chi connectivity index (χ3v) is 7.33. The maximum Gasteiger partial charge on any atom is 0.416 e. The predicted molar refractivity (Wildman–Crippen MR) is 134 cm³/mol. The fraction of sp³-hybridized carbons (Fsp3) is 0.462. The summed E-state index contributed by atoms with van der Waals surface area (Å²) in [5.74, 6) is -0.816. The van der Waals surface area contributed by atoms with E-state index in [0.717, 1.165) is 24.1 Å². The van der Waals surface area contributed by atoms with Gasteiger partial charge in [-0.25, -0.2) is 14.6 Å². The van der Waals surface area contributed by atoms with Gasteiger partial charge in [0.15, 0.2) is 5.82 Å². The number of rotatable bonds is 6. The van der Waals surface area contributed by atoms with E-state index in [-0.39, 0.29) is 23.8 Å². The van der Waals surface area contributed by atoms with Crippen LogP contribution >= 0.6 is 0 Å². The van der Waals surface area contributed by atoms with Gasteiger partial charge in [0, 0.05) is 38.3 Å². The first-order valence-electron chi connectivity index (χ1n) is 12.3. The van der Waals surface area contributed by atoms with Crippen molar-refractivity contribution in [1.82, 2.24) is 19.4 Å². The normalized spacial score (nSPS) is 19.8. The van der Waals surface area contributed by atoms with Crippen LogP contribution in [0.25, 0.3) is 11.0 Å². The summed E-state index contributed by atoms with van der Waals surface area (Å²) in [6.45, 7) is 7.14. The van der Waals surface area contributed by atoms with Crippen molar-refractivity contribution in [1.29, 1.82) is 0 Å². The Bertz CT molecular complexity index is 1360. The van der Waals surface area contributed by atoms with E-state index in [1.165, 1.54) is 22.8 Å². The lowest BCUT2D eigenvalue weighted by molar-refractivity contribution is -0.137. The predicted octanol–water partition coefficient (Wildman–Crippen LogP) is 4.49. The highest BCUT2D eigenvalue weighted by Gasteiger charge is 2.37. The van der Waals surface area contributed by atoms with Crippen molar-refractivity contribution in [2.75, 3.05) is 18.0 Å². The van der Waals surface area contributed by atoms with Gasteiger partial charge in [0.2, 0.25) is 0 Å². The van der Waals surface area contributed by atoms with Crippen LogP contribution in [0.3, 0.4) is 0 Å². The topological polar surface area (TPSA) is 91.6 Å². The lowest BCUT2D eigenvalue weighted by Gasteiger charge is -2.49. The molecule has 3 atom stereocenters. The highest BCUT2D eigenvalue weighted by molar-refractivity contribution is 5.92. The number of nitrogens with zero attached hydrogens (tertiary/aromatic N) is 5. The number of pyridine rings is 1. The maximum atomic E-state index is 13.0. The minimum absolute atomic E-state index is 0.0173. The van der Waals surface area contributed by atoms with Crippen molar-refractivity contribution in [3.63, 3.8) is 0 Å². The van der Waals surface area contributed by atoms with E-state index < -0.39 is 23.4 Å². The fourth-order valence-electron chi connectivity index (χ4n) is 5.09. The summed E-state index contributed by atoms with van der Waals surface area (Å²) in [6, 6.07) is 8.03. The van der Waals surface area contributed by atoms with Crippen LogP contribution in [-0.4, -0.2) is 55.7 Å². The molecule has 198 valence electrons. The fourth-order valence-corrected chi connectivity index (χ4v) is 5.09. The zero-order valence-corrected chi connectivity index (χ0v) is 21.2. The zero-order chi connectivity index (χ0) is 27.1. The van der Waals surface area contributed by atoms with E-state index in [1.807, 2.05) is 25.7 Å². The number of alkyl halides is 3. The maximum absolute atomic E-state index is 13.0. The smallest absolute Gasteiger partial charge is 0.416 e. The van der Waals surface area contributed by atoms with Crippen molar-refractivity contribution in [2.24, 2.45) is 7.05 Å². The van der Waals surface area contributed by atoms with Crippen LogP contribution in [0.2, 0.25) is 0 Å². The Morgan fingerprint density at radius 1 is 1.05 bits per heavy atom. The largest absolute Gasteiger partial charge is 0.477 e. The number of anilines is 1. The quantitative estimate of drug-likeness (QED) is 0.515. The summed E-state index contributed by atoms with van der Waals surface area (Å²) < 4.78 is 40.5. The molecule has 2 aromatic heterocycles. The van der Waals surface area contributed by atoms with Gasteiger partial charge >= 0.3 is 17.8 Å². The molecule has 11 heteroatoms. The first-order chi connectivity index (χ1) is 17.5. The molecule has 1 N–H and O–H groups in total. The summed E-state index contributed by atoms with van der Waals surface area (Å²) in [7, 11) is 1.57. The number of benzene rings is 1. The van der Waals surface area contributed by atoms with E-state index in [4.69, 9.17) is 0 Å². The number of carbonyl (C=O) groups is 1. The summed E-state index contributed by atoms with van der Waals surface area (Å²) in [5.41, 5.74) is 0.353. The van der Waals surface area contributed by atoms with E-state index in [1.54, 1.807) is 13.1 Å². The molecule has 1 aliphatic rings. The van der Waals surface area contributed by atoms with Crippen molar-refractivity contribution >= 4 is 22.8 Å². The van der Waals surface area contributed by atoms with E-state index in [9.17, 15) is 27.9 Å². The van der Waals surface area contributed by atoms with Gasteiger partial charge < -0.3 is 10.0 Å². The second-order valence-corrected chi connectivity index (χ2v) is 9.42. The van der Waals surface area contributed by atoms with Crippen LogP contribution in [0.5, 0.6) is 0 Å². The van der Waals surface area contributed by atoms with Gasteiger partial charge in [-0.05, 0) is 49.6 Å². The first-order valence-corrected chi connectivity index (χ1v) is 12.3. The number of aryl methyl sites for hydroxylation is 1. The average molecular weight is 518 g/mol. The van der Waals surface area contributed by atoms with Gasteiger partial charge in [-0.1, -0.05) is 26.0 Å². The Balaban J connectivity index is 1.71. The monoisotopic (exact) mass is 517 g/mol. The molecule has 0 radical (unpaired) electrons.